The van der Waals surface area contributed by atoms with E-state index in [0.29, 0.717) is 17.4 Å². The zero-order valence-corrected chi connectivity index (χ0v) is 18.3. The number of rotatable bonds is 3. The highest BCUT2D eigenvalue weighted by Crippen LogP contribution is 2.37. The molecule has 2 atom stereocenters. The summed E-state index contributed by atoms with van der Waals surface area (Å²) in [6.07, 6.45) is 5.43. The molecule has 5 nitrogen and oxygen atoms in total. The Labute approximate surface area is 173 Å². The minimum atomic E-state index is -3.50. The molecule has 29 heavy (non-hydrogen) atoms. The smallest absolute Gasteiger partial charge is 0.243 e. The first-order valence-electron chi connectivity index (χ1n) is 10.2. The van der Waals surface area contributed by atoms with E-state index < -0.39 is 10.0 Å². The number of benzene rings is 1. The summed E-state index contributed by atoms with van der Waals surface area (Å²) >= 11 is 0. The molecule has 4 rings (SSSR count). The molecule has 0 amide bonds. The highest BCUT2D eigenvalue weighted by molar-refractivity contribution is 7.89. The van der Waals surface area contributed by atoms with Crippen molar-refractivity contribution in [2.45, 2.75) is 62.8 Å². The molecule has 2 unspecified atom stereocenters. The average molecular weight is 412 g/mol. The van der Waals surface area contributed by atoms with Crippen LogP contribution < -0.4 is 0 Å². The van der Waals surface area contributed by atoms with E-state index in [1.165, 1.54) is 5.56 Å². The van der Waals surface area contributed by atoms with Gasteiger partial charge in [0.1, 0.15) is 5.65 Å². The molecule has 1 saturated heterocycles. The van der Waals surface area contributed by atoms with E-state index in [-0.39, 0.29) is 11.5 Å². The molecule has 1 aliphatic rings. The van der Waals surface area contributed by atoms with Crippen LogP contribution in [-0.2, 0) is 15.4 Å². The Morgan fingerprint density at radius 1 is 1.14 bits per heavy atom. The third-order valence-corrected chi connectivity index (χ3v) is 8.09. The van der Waals surface area contributed by atoms with Gasteiger partial charge in [0.05, 0.1) is 4.90 Å². The number of pyridine rings is 1. The van der Waals surface area contributed by atoms with E-state index in [2.05, 4.69) is 36.8 Å². The number of aromatic amines is 1. The van der Waals surface area contributed by atoms with Crippen molar-refractivity contribution in [2.75, 3.05) is 6.54 Å². The molecule has 0 spiro atoms. The molecule has 3 aromatic rings. The van der Waals surface area contributed by atoms with Gasteiger partial charge in [0.2, 0.25) is 10.0 Å². The minimum absolute atomic E-state index is 0.00210. The van der Waals surface area contributed by atoms with E-state index in [0.717, 1.165) is 29.4 Å². The van der Waals surface area contributed by atoms with E-state index in [1.54, 1.807) is 22.6 Å². The summed E-state index contributed by atoms with van der Waals surface area (Å²) in [7, 11) is -3.50. The van der Waals surface area contributed by atoms with Crippen molar-refractivity contribution in [1.29, 1.82) is 0 Å². The lowest BCUT2D eigenvalue weighted by atomic mass is 9.87. The van der Waals surface area contributed by atoms with Crippen LogP contribution in [0.1, 0.15) is 57.6 Å². The van der Waals surface area contributed by atoms with Crippen molar-refractivity contribution in [2.24, 2.45) is 0 Å². The summed E-state index contributed by atoms with van der Waals surface area (Å²) in [6, 6.07) is 11.3. The van der Waals surface area contributed by atoms with Crippen LogP contribution in [0.4, 0.5) is 0 Å². The Morgan fingerprint density at radius 2 is 1.86 bits per heavy atom. The second-order valence-electron chi connectivity index (χ2n) is 9.10. The van der Waals surface area contributed by atoms with Gasteiger partial charge in [-0.3, -0.25) is 0 Å². The first-order valence-corrected chi connectivity index (χ1v) is 11.7. The maximum absolute atomic E-state index is 13.3. The van der Waals surface area contributed by atoms with Crippen LogP contribution in [0.3, 0.4) is 0 Å². The van der Waals surface area contributed by atoms with E-state index >= 15 is 0 Å². The van der Waals surface area contributed by atoms with Crippen molar-refractivity contribution >= 4 is 21.1 Å². The third-order valence-electron chi connectivity index (χ3n) is 6.07. The number of sulfonamides is 1. The Morgan fingerprint density at radius 3 is 2.52 bits per heavy atom. The SMILES string of the molecule is CC1CC(c2c[nH]c3ncccc23)CCN1S(=O)(=O)c1ccc(C(C)(C)C)cc1. The number of hydrogen-bond acceptors (Lipinski definition) is 3. The van der Waals surface area contributed by atoms with Gasteiger partial charge >= 0.3 is 0 Å². The summed E-state index contributed by atoms with van der Waals surface area (Å²) in [5.74, 6) is 0.331. The summed E-state index contributed by atoms with van der Waals surface area (Å²) in [6.45, 7) is 8.93. The highest BCUT2D eigenvalue weighted by Gasteiger charge is 2.35. The van der Waals surface area contributed by atoms with Gasteiger partial charge < -0.3 is 4.98 Å². The molecule has 3 heterocycles. The number of fused-ring (bicyclic) bond motifs is 1. The number of hydrogen-bond donors (Lipinski definition) is 1. The van der Waals surface area contributed by atoms with Crippen LogP contribution in [0.2, 0.25) is 0 Å². The summed E-state index contributed by atoms with van der Waals surface area (Å²) in [5.41, 5.74) is 3.27. The Hall–Kier alpha value is -2.18. The van der Waals surface area contributed by atoms with Crippen LogP contribution in [0, 0.1) is 0 Å². The lowest BCUT2D eigenvalue weighted by molar-refractivity contribution is 0.247. The van der Waals surface area contributed by atoms with Gasteiger partial charge in [0.15, 0.2) is 0 Å². The quantitative estimate of drug-likeness (QED) is 0.672. The molecular weight excluding hydrogens is 382 g/mol. The molecule has 0 aliphatic carbocycles. The van der Waals surface area contributed by atoms with E-state index in [1.807, 2.05) is 31.3 Å². The molecule has 154 valence electrons. The molecule has 1 aromatic carbocycles. The summed E-state index contributed by atoms with van der Waals surface area (Å²) in [5, 5.41) is 1.14. The monoisotopic (exact) mass is 411 g/mol. The van der Waals surface area contributed by atoms with Crippen molar-refractivity contribution in [3.8, 4) is 0 Å². The molecule has 2 aromatic heterocycles. The molecule has 1 aliphatic heterocycles. The predicted molar refractivity (Wildman–Crippen MR) is 117 cm³/mol. The Balaban J connectivity index is 1.55. The van der Waals surface area contributed by atoms with Crippen LogP contribution in [0.5, 0.6) is 0 Å². The number of H-pyrrole nitrogens is 1. The maximum Gasteiger partial charge on any atom is 0.243 e. The fraction of sp³-hybridized carbons (Fsp3) is 0.435. The maximum atomic E-state index is 13.3. The number of nitrogens with zero attached hydrogens (tertiary/aromatic N) is 2. The lowest BCUT2D eigenvalue weighted by Crippen LogP contribution is -2.44. The molecule has 0 saturated carbocycles. The van der Waals surface area contributed by atoms with Gasteiger partial charge in [-0.05, 0) is 66.5 Å². The van der Waals surface area contributed by atoms with Crippen LogP contribution in [0.25, 0.3) is 11.0 Å². The molecular formula is C23H29N3O2S. The zero-order chi connectivity index (χ0) is 20.8. The van der Waals surface area contributed by atoms with Gasteiger partial charge in [-0.2, -0.15) is 4.31 Å². The Kier molecular flexibility index (Phi) is 5.03. The molecule has 1 N–H and O–H groups in total. The zero-order valence-electron chi connectivity index (χ0n) is 17.5. The van der Waals surface area contributed by atoms with E-state index in [9.17, 15) is 8.42 Å². The first-order chi connectivity index (χ1) is 13.7. The van der Waals surface area contributed by atoms with Crippen LogP contribution >= 0.6 is 0 Å². The summed E-state index contributed by atoms with van der Waals surface area (Å²) in [4.78, 5) is 8.00. The number of aromatic nitrogens is 2. The van der Waals surface area contributed by atoms with Gasteiger partial charge in [0.25, 0.3) is 0 Å². The normalized spacial score (nSPS) is 21.5. The number of nitrogens with one attached hydrogen (secondary N) is 1. The fourth-order valence-corrected chi connectivity index (χ4v) is 6.02. The lowest BCUT2D eigenvalue weighted by Gasteiger charge is -2.36. The standard InChI is InChI=1S/C23H29N3O2S/c1-16-14-17(21-15-25-22-20(21)6-5-12-24-22)11-13-26(16)29(27,28)19-9-7-18(8-10-19)23(2,3)4/h5-10,12,15-17H,11,13-14H2,1-4H3,(H,24,25). The van der Waals surface area contributed by atoms with Gasteiger partial charge in [0, 0.05) is 30.4 Å². The fourth-order valence-electron chi connectivity index (χ4n) is 4.37. The topological polar surface area (TPSA) is 66.1 Å². The van der Waals surface area contributed by atoms with Gasteiger partial charge in [-0.15, -0.1) is 0 Å². The second kappa shape index (κ2) is 7.26. The van der Waals surface area contributed by atoms with Crippen LogP contribution in [0.15, 0.2) is 53.7 Å². The molecule has 0 radical (unpaired) electrons. The van der Waals surface area contributed by atoms with Crippen LogP contribution in [-0.4, -0.2) is 35.3 Å². The highest BCUT2D eigenvalue weighted by atomic mass is 32.2. The predicted octanol–water partition coefficient (Wildman–Crippen LogP) is 4.82. The van der Waals surface area contributed by atoms with Gasteiger partial charge in [-0.1, -0.05) is 32.9 Å². The van der Waals surface area contributed by atoms with Crippen molar-refractivity contribution < 1.29 is 8.42 Å². The summed E-state index contributed by atoms with van der Waals surface area (Å²) < 4.78 is 28.2. The molecule has 6 heteroatoms. The molecule has 1 fully saturated rings. The Bertz CT molecular complexity index is 1110. The van der Waals surface area contributed by atoms with E-state index in [4.69, 9.17) is 0 Å². The molecule has 0 bridgehead atoms. The van der Waals surface area contributed by atoms with Crippen molar-refractivity contribution in [3.63, 3.8) is 0 Å². The average Bonchev–Trinajstić information content (AvgIpc) is 3.11. The third kappa shape index (κ3) is 3.71. The number of piperidine rings is 1. The van der Waals surface area contributed by atoms with Crippen molar-refractivity contribution in [1.82, 2.24) is 14.3 Å². The largest absolute Gasteiger partial charge is 0.346 e. The first kappa shape index (κ1) is 20.1. The van der Waals surface area contributed by atoms with Gasteiger partial charge in [-0.25, -0.2) is 13.4 Å². The van der Waals surface area contributed by atoms with Crippen molar-refractivity contribution in [3.05, 3.63) is 59.9 Å². The minimum Gasteiger partial charge on any atom is -0.346 e. The second-order valence-corrected chi connectivity index (χ2v) is 11.0.